The van der Waals surface area contributed by atoms with E-state index in [4.69, 9.17) is 4.74 Å². The van der Waals surface area contributed by atoms with Gasteiger partial charge in [-0.1, -0.05) is 12.1 Å². The number of benzene rings is 1. The molecule has 104 valence electrons. The molecule has 1 aliphatic heterocycles. The highest BCUT2D eigenvalue weighted by Crippen LogP contribution is 2.48. The summed E-state index contributed by atoms with van der Waals surface area (Å²) in [5.74, 6) is -1.77. The van der Waals surface area contributed by atoms with Gasteiger partial charge in [0.1, 0.15) is 5.75 Å². The van der Waals surface area contributed by atoms with Crippen molar-refractivity contribution in [3.63, 3.8) is 0 Å². The zero-order valence-electron chi connectivity index (χ0n) is 10.9. The second-order valence-corrected chi connectivity index (χ2v) is 5.57. The summed E-state index contributed by atoms with van der Waals surface area (Å²) in [7, 11) is 0. The van der Waals surface area contributed by atoms with Gasteiger partial charge >= 0.3 is 0 Å². The standard InChI is InChI=1S/C15H19F2NO/c16-15(17)9-13(15)10-19-14-3-1-11(2-4-14)12-5-7-18-8-6-12/h1-4,12-13,18H,5-10H2/t13-/m0/s1. The Labute approximate surface area is 112 Å². The van der Waals surface area contributed by atoms with Crippen LogP contribution in [0.25, 0.3) is 0 Å². The summed E-state index contributed by atoms with van der Waals surface area (Å²) >= 11 is 0. The summed E-state index contributed by atoms with van der Waals surface area (Å²) in [6, 6.07) is 7.93. The smallest absolute Gasteiger partial charge is 0.255 e. The zero-order chi connectivity index (χ0) is 13.3. The molecule has 1 aliphatic carbocycles. The van der Waals surface area contributed by atoms with Crippen molar-refractivity contribution in [2.75, 3.05) is 19.7 Å². The Kier molecular flexibility index (Phi) is 3.44. The molecule has 1 aromatic rings. The lowest BCUT2D eigenvalue weighted by molar-refractivity contribution is 0.0856. The van der Waals surface area contributed by atoms with E-state index in [1.165, 1.54) is 5.56 Å². The summed E-state index contributed by atoms with van der Waals surface area (Å²) in [5.41, 5.74) is 1.32. The molecule has 3 rings (SSSR count). The molecule has 0 spiro atoms. The third kappa shape index (κ3) is 3.06. The van der Waals surface area contributed by atoms with Crippen LogP contribution in [0.5, 0.6) is 5.75 Å². The van der Waals surface area contributed by atoms with Crippen LogP contribution in [-0.2, 0) is 0 Å². The Hall–Kier alpha value is -1.16. The van der Waals surface area contributed by atoms with Gasteiger partial charge in [-0.15, -0.1) is 0 Å². The van der Waals surface area contributed by atoms with Crippen LogP contribution in [0.1, 0.15) is 30.7 Å². The van der Waals surface area contributed by atoms with E-state index in [1.807, 2.05) is 12.1 Å². The monoisotopic (exact) mass is 267 g/mol. The third-order valence-corrected chi connectivity index (χ3v) is 4.10. The molecule has 0 radical (unpaired) electrons. The van der Waals surface area contributed by atoms with Crippen molar-refractivity contribution in [2.24, 2.45) is 5.92 Å². The Morgan fingerprint density at radius 1 is 1.16 bits per heavy atom. The Bertz CT molecular complexity index is 426. The lowest BCUT2D eigenvalue weighted by Gasteiger charge is -2.23. The van der Waals surface area contributed by atoms with Crippen molar-refractivity contribution >= 4 is 0 Å². The van der Waals surface area contributed by atoms with Crippen molar-refractivity contribution in [1.29, 1.82) is 0 Å². The van der Waals surface area contributed by atoms with E-state index in [1.54, 1.807) is 0 Å². The highest BCUT2D eigenvalue weighted by molar-refractivity contribution is 5.29. The first kappa shape index (κ1) is 12.9. The molecule has 4 heteroatoms. The summed E-state index contributed by atoms with van der Waals surface area (Å²) in [6.45, 7) is 2.26. The minimum absolute atomic E-state index is 0.0276. The molecule has 1 N–H and O–H groups in total. The van der Waals surface area contributed by atoms with Gasteiger partial charge in [-0.3, -0.25) is 0 Å². The Balaban J connectivity index is 1.53. The largest absolute Gasteiger partial charge is 0.493 e. The first-order chi connectivity index (χ1) is 9.15. The number of piperidine rings is 1. The molecular weight excluding hydrogens is 248 g/mol. The van der Waals surface area contributed by atoms with E-state index in [-0.39, 0.29) is 13.0 Å². The highest BCUT2D eigenvalue weighted by Gasteiger charge is 2.57. The van der Waals surface area contributed by atoms with E-state index in [0.717, 1.165) is 25.9 Å². The molecule has 1 atom stereocenters. The van der Waals surface area contributed by atoms with Crippen molar-refractivity contribution in [1.82, 2.24) is 5.32 Å². The molecule has 1 saturated heterocycles. The van der Waals surface area contributed by atoms with E-state index in [2.05, 4.69) is 17.4 Å². The molecule has 0 aromatic heterocycles. The number of hydrogen-bond donors (Lipinski definition) is 1. The summed E-state index contributed by atoms with van der Waals surface area (Å²) in [5, 5.41) is 3.35. The quantitative estimate of drug-likeness (QED) is 0.904. The van der Waals surface area contributed by atoms with Crippen molar-refractivity contribution in [3.8, 4) is 5.75 Å². The normalized spacial score (nSPS) is 26.1. The van der Waals surface area contributed by atoms with Gasteiger partial charge < -0.3 is 10.1 Å². The van der Waals surface area contributed by atoms with Gasteiger partial charge in [-0.2, -0.15) is 0 Å². The van der Waals surface area contributed by atoms with Crippen LogP contribution in [0.4, 0.5) is 8.78 Å². The average molecular weight is 267 g/mol. The molecule has 0 bridgehead atoms. The van der Waals surface area contributed by atoms with Gasteiger partial charge in [0.25, 0.3) is 5.92 Å². The molecular formula is C15H19F2NO. The minimum Gasteiger partial charge on any atom is -0.493 e. The third-order valence-electron chi connectivity index (χ3n) is 4.10. The van der Waals surface area contributed by atoms with Crippen LogP contribution < -0.4 is 10.1 Å². The maximum atomic E-state index is 12.7. The number of halogens is 2. The molecule has 0 unspecified atom stereocenters. The van der Waals surface area contributed by atoms with E-state index >= 15 is 0 Å². The van der Waals surface area contributed by atoms with Gasteiger partial charge in [0.05, 0.1) is 12.5 Å². The number of hydrogen-bond acceptors (Lipinski definition) is 2. The van der Waals surface area contributed by atoms with E-state index in [0.29, 0.717) is 11.7 Å². The predicted molar refractivity (Wildman–Crippen MR) is 69.8 cm³/mol. The minimum atomic E-state index is -2.49. The fourth-order valence-corrected chi connectivity index (χ4v) is 2.64. The topological polar surface area (TPSA) is 21.3 Å². The maximum absolute atomic E-state index is 12.7. The number of rotatable bonds is 4. The van der Waals surface area contributed by atoms with Crippen molar-refractivity contribution in [3.05, 3.63) is 29.8 Å². The second-order valence-electron chi connectivity index (χ2n) is 5.57. The number of ether oxygens (including phenoxy) is 1. The van der Waals surface area contributed by atoms with Gasteiger partial charge in [0.2, 0.25) is 0 Å². The van der Waals surface area contributed by atoms with Gasteiger partial charge in [-0.05, 0) is 49.5 Å². The van der Waals surface area contributed by atoms with Crippen molar-refractivity contribution < 1.29 is 13.5 Å². The Morgan fingerprint density at radius 3 is 2.37 bits per heavy atom. The molecule has 2 aliphatic rings. The maximum Gasteiger partial charge on any atom is 0.255 e. The highest BCUT2D eigenvalue weighted by atomic mass is 19.3. The summed E-state index contributed by atoms with van der Waals surface area (Å²) in [4.78, 5) is 0. The van der Waals surface area contributed by atoms with Crippen LogP contribution in [0.15, 0.2) is 24.3 Å². The molecule has 1 saturated carbocycles. The van der Waals surface area contributed by atoms with Crippen LogP contribution in [-0.4, -0.2) is 25.6 Å². The second kappa shape index (κ2) is 5.08. The van der Waals surface area contributed by atoms with Crippen LogP contribution in [0.2, 0.25) is 0 Å². The predicted octanol–water partition coefficient (Wildman–Crippen LogP) is 3.19. The molecule has 1 aromatic carbocycles. The lowest BCUT2D eigenvalue weighted by Crippen LogP contribution is -2.26. The van der Waals surface area contributed by atoms with Crippen LogP contribution >= 0.6 is 0 Å². The van der Waals surface area contributed by atoms with Gasteiger partial charge in [-0.25, -0.2) is 8.78 Å². The first-order valence-electron chi connectivity index (χ1n) is 6.96. The first-order valence-corrected chi connectivity index (χ1v) is 6.96. The summed E-state index contributed by atoms with van der Waals surface area (Å²) < 4.78 is 30.9. The number of nitrogens with one attached hydrogen (secondary N) is 1. The SMILES string of the molecule is FC1(F)C[C@H]1COc1ccc(C2CCNCC2)cc1. The molecule has 2 fully saturated rings. The van der Waals surface area contributed by atoms with Crippen molar-refractivity contribution in [2.45, 2.75) is 31.1 Å². The average Bonchev–Trinajstić information content (AvgIpc) is 3.06. The number of alkyl halides is 2. The summed E-state index contributed by atoms with van der Waals surface area (Å²) in [6.07, 6.45) is 2.29. The molecule has 0 amide bonds. The van der Waals surface area contributed by atoms with Gasteiger partial charge in [0, 0.05) is 6.42 Å². The van der Waals surface area contributed by atoms with Gasteiger partial charge in [0.15, 0.2) is 0 Å². The van der Waals surface area contributed by atoms with E-state index in [9.17, 15) is 8.78 Å². The van der Waals surface area contributed by atoms with E-state index < -0.39 is 11.8 Å². The fourth-order valence-electron chi connectivity index (χ4n) is 2.64. The van der Waals surface area contributed by atoms with Crippen LogP contribution in [0.3, 0.4) is 0 Å². The van der Waals surface area contributed by atoms with Crippen LogP contribution in [0, 0.1) is 5.92 Å². The zero-order valence-corrected chi connectivity index (χ0v) is 10.9. The molecule has 2 nitrogen and oxygen atoms in total. The molecule has 1 heterocycles. The molecule has 19 heavy (non-hydrogen) atoms. The Morgan fingerprint density at radius 2 is 1.79 bits per heavy atom. The fraction of sp³-hybridized carbons (Fsp3) is 0.600. The lowest BCUT2D eigenvalue weighted by atomic mass is 9.90.